The zero-order chi connectivity index (χ0) is 16.6. The molecule has 1 atom stereocenters. The van der Waals surface area contributed by atoms with E-state index >= 15 is 0 Å². The normalized spacial score (nSPS) is 19.7. The van der Waals surface area contributed by atoms with Gasteiger partial charge >= 0.3 is 0 Å². The molecular weight excluding hydrogens is 350 g/mol. The first-order chi connectivity index (χ1) is 10.9. The summed E-state index contributed by atoms with van der Waals surface area (Å²) in [6.45, 7) is 5.63. The Balaban J connectivity index is 0.00000208. The summed E-state index contributed by atoms with van der Waals surface area (Å²) in [7, 11) is -3.66. The Morgan fingerprint density at radius 2 is 2.04 bits per heavy atom. The van der Waals surface area contributed by atoms with Gasteiger partial charge in [0.15, 0.2) is 0 Å². The monoisotopic (exact) mass is 371 g/mol. The van der Waals surface area contributed by atoms with E-state index in [1.165, 1.54) is 0 Å². The standard InChI is InChI=1S/C16H21N3O3S.ClH/c1-11-9-18-16(20)13-5-3-6-14(15(11)13)23(21,22)19-8-4-7-17-10-12(19)2;/h3,5-6,9,12,17H,4,7-8,10H2,1-2H3,(H,18,20);1H. The van der Waals surface area contributed by atoms with E-state index in [1.807, 2.05) is 13.8 Å². The predicted octanol–water partition coefficient (Wildman–Crippen LogP) is 1.63. The number of hydrogen-bond donors (Lipinski definition) is 2. The van der Waals surface area contributed by atoms with E-state index in [0.29, 0.717) is 23.9 Å². The fourth-order valence-electron chi connectivity index (χ4n) is 3.14. The van der Waals surface area contributed by atoms with Crippen molar-refractivity contribution < 1.29 is 8.42 Å². The van der Waals surface area contributed by atoms with Gasteiger partial charge in [0.1, 0.15) is 0 Å². The highest BCUT2D eigenvalue weighted by Gasteiger charge is 2.31. The smallest absolute Gasteiger partial charge is 0.255 e. The number of nitrogens with zero attached hydrogens (tertiary/aromatic N) is 1. The molecule has 0 aliphatic carbocycles. The molecule has 0 saturated carbocycles. The minimum atomic E-state index is -3.66. The van der Waals surface area contributed by atoms with Gasteiger partial charge in [-0.3, -0.25) is 4.79 Å². The molecule has 1 aliphatic rings. The number of fused-ring (bicyclic) bond motifs is 1. The summed E-state index contributed by atoms with van der Waals surface area (Å²) in [6, 6.07) is 4.76. The Kier molecular flexibility index (Phi) is 5.70. The molecular formula is C16H22ClN3O3S. The molecule has 1 unspecified atom stereocenters. The molecule has 8 heteroatoms. The molecule has 1 fully saturated rings. The lowest BCUT2D eigenvalue weighted by Crippen LogP contribution is -2.41. The van der Waals surface area contributed by atoms with Crippen molar-refractivity contribution in [2.75, 3.05) is 19.6 Å². The van der Waals surface area contributed by atoms with Crippen molar-refractivity contribution in [3.05, 3.63) is 40.3 Å². The Bertz CT molecular complexity index is 895. The summed E-state index contributed by atoms with van der Waals surface area (Å²) in [6.07, 6.45) is 2.34. The second kappa shape index (κ2) is 7.23. The van der Waals surface area contributed by atoms with Crippen LogP contribution in [0, 0.1) is 6.92 Å². The van der Waals surface area contributed by atoms with Gasteiger partial charge < -0.3 is 10.3 Å². The van der Waals surface area contributed by atoms with Crippen LogP contribution in [0.25, 0.3) is 10.8 Å². The minimum Gasteiger partial charge on any atom is -0.328 e. The number of benzene rings is 1. The summed E-state index contributed by atoms with van der Waals surface area (Å²) in [4.78, 5) is 14.9. The fourth-order valence-corrected chi connectivity index (χ4v) is 5.09. The van der Waals surface area contributed by atoms with Crippen molar-refractivity contribution in [1.82, 2.24) is 14.6 Å². The number of sulfonamides is 1. The van der Waals surface area contributed by atoms with Gasteiger partial charge in [-0.2, -0.15) is 4.31 Å². The highest BCUT2D eigenvalue weighted by molar-refractivity contribution is 7.89. The van der Waals surface area contributed by atoms with Crippen LogP contribution in [0.2, 0.25) is 0 Å². The van der Waals surface area contributed by atoms with Crippen molar-refractivity contribution in [2.45, 2.75) is 31.2 Å². The van der Waals surface area contributed by atoms with E-state index in [1.54, 1.807) is 28.7 Å². The first-order valence-electron chi connectivity index (χ1n) is 7.76. The van der Waals surface area contributed by atoms with Crippen molar-refractivity contribution in [3.63, 3.8) is 0 Å². The van der Waals surface area contributed by atoms with Crippen molar-refractivity contribution in [2.24, 2.45) is 0 Å². The summed E-state index contributed by atoms with van der Waals surface area (Å²) < 4.78 is 28.0. The fraction of sp³-hybridized carbons (Fsp3) is 0.438. The van der Waals surface area contributed by atoms with E-state index in [0.717, 1.165) is 18.5 Å². The Hall–Kier alpha value is -1.41. The average Bonchev–Trinajstić information content (AvgIpc) is 2.75. The maximum Gasteiger partial charge on any atom is 0.255 e. The molecule has 2 aromatic rings. The maximum atomic E-state index is 13.2. The van der Waals surface area contributed by atoms with Crippen LogP contribution in [0.3, 0.4) is 0 Å². The minimum absolute atomic E-state index is 0. The zero-order valence-electron chi connectivity index (χ0n) is 13.7. The molecule has 24 heavy (non-hydrogen) atoms. The Labute approximate surface area is 147 Å². The van der Waals surface area contributed by atoms with Crippen molar-refractivity contribution >= 4 is 33.2 Å². The van der Waals surface area contributed by atoms with Gasteiger partial charge in [0, 0.05) is 36.1 Å². The van der Waals surface area contributed by atoms with Gasteiger partial charge in [-0.05, 0) is 44.5 Å². The molecule has 2 N–H and O–H groups in total. The molecule has 1 aromatic carbocycles. The number of pyridine rings is 1. The number of aromatic amines is 1. The Morgan fingerprint density at radius 3 is 2.79 bits per heavy atom. The lowest BCUT2D eigenvalue weighted by Gasteiger charge is -2.26. The van der Waals surface area contributed by atoms with Crippen LogP contribution in [0.5, 0.6) is 0 Å². The molecule has 3 rings (SSSR count). The Morgan fingerprint density at radius 1 is 1.29 bits per heavy atom. The summed E-state index contributed by atoms with van der Waals surface area (Å²) in [5, 5.41) is 4.17. The van der Waals surface area contributed by atoms with Gasteiger partial charge in [-0.1, -0.05) is 6.07 Å². The molecule has 1 saturated heterocycles. The van der Waals surface area contributed by atoms with Crippen LogP contribution in [0.1, 0.15) is 18.9 Å². The van der Waals surface area contributed by atoms with Crippen LogP contribution >= 0.6 is 12.4 Å². The van der Waals surface area contributed by atoms with E-state index < -0.39 is 10.0 Å². The number of rotatable bonds is 2. The van der Waals surface area contributed by atoms with E-state index in [4.69, 9.17) is 0 Å². The zero-order valence-corrected chi connectivity index (χ0v) is 15.3. The van der Waals surface area contributed by atoms with Gasteiger partial charge in [0.2, 0.25) is 10.0 Å². The highest BCUT2D eigenvalue weighted by atomic mass is 35.5. The topological polar surface area (TPSA) is 82.3 Å². The predicted molar refractivity (Wildman–Crippen MR) is 97.4 cm³/mol. The number of halogens is 1. The van der Waals surface area contributed by atoms with Crippen molar-refractivity contribution in [3.8, 4) is 0 Å². The summed E-state index contributed by atoms with van der Waals surface area (Å²) in [5.74, 6) is 0. The number of nitrogens with one attached hydrogen (secondary N) is 2. The van der Waals surface area contributed by atoms with Crippen LogP contribution < -0.4 is 10.9 Å². The van der Waals surface area contributed by atoms with Crippen LogP contribution in [-0.4, -0.2) is 43.4 Å². The molecule has 6 nitrogen and oxygen atoms in total. The third-order valence-electron chi connectivity index (χ3n) is 4.34. The first-order valence-corrected chi connectivity index (χ1v) is 9.20. The second-order valence-electron chi connectivity index (χ2n) is 6.00. The lowest BCUT2D eigenvalue weighted by atomic mass is 10.1. The van der Waals surface area contributed by atoms with Gasteiger partial charge in [-0.15, -0.1) is 12.4 Å². The maximum absolute atomic E-state index is 13.2. The van der Waals surface area contributed by atoms with Crippen molar-refractivity contribution in [1.29, 1.82) is 0 Å². The first kappa shape index (κ1) is 18.9. The van der Waals surface area contributed by atoms with Crippen LogP contribution in [0.15, 0.2) is 34.1 Å². The lowest BCUT2D eigenvalue weighted by molar-refractivity contribution is 0.354. The molecule has 2 heterocycles. The largest absolute Gasteiger partial charge is 0.328 e. The third-order valence-corrected chi connectivity index (χ3v) is 6.39. The average molecular weight is 372 g/mol. The van der Waals surface area contributed by atoms with E-state index in [2.05, 4.69) is 10.3 Å². The molecule has 132 valence electrons. The molecule has 1 aliphatic heterocycles. The quantitative estimate of drug-likeness (QED) is 0.840. The highest BCUT2D eigenvalue weighted by Crippen LogP contribution is 2.28. The molecule has 0 spiro atoms. The number of aryl methyl sites for hydroxylation is 1. The third kappa shape index (κ3) is 3.21. The molecule has 1 aromatic heterocycles. The summed E-state index contributed by atoms with van der Waals surface area (Å²) >= 11 is 0. The van der Waals surface area contributed by atoms with Gasteiger partial charge in [-0.25, -0.2) is 8.42 Å². The van der Waals surface area contributed by atoms with E-state index in [-0.39, 0.29) is 28.9 Å². The number of H-pyrrole nitrogens is 1. The summed E-state index contributed by atoms with van der Waals surface area (Å²) in [5.41, 5.74) is 0.479. The molecule has 0 radical (unpaired) electrons. The molecule has 0 amide bonds. The number of hydrogen-bond acceptors (Lipinski definition) is 4. The number of aromatic nitrogens is 1. The molecule has 0 bridgehead atoms. The SMILES string of the molecule is Cc1c[nH]c(=O)c2cccc(S(=O)(=O)N3CCCNCC3C)c12.Cl. The van der Waals surface area contributed by atoms with E-state index in [9.17, 15) is 13.2 Å². The van der Waals surface area contributed by atoms with Crippen LogP contribution in [0.4, 0.5) is 0 Å². The van der Waals surface area contributed by atoms with Gasteiger partial charge in [0.25, 0.3) is 5.56 Å². The second-order valence-corrected chi connectivity index (χ2v) is 7.86. The van der Waals surface area contributed by atoms with Gasteiger partial charge in [0.05, 0.1) is 4.90 Å². The van der Waals surface area contributed by atoms with Crippen LogP contribution in [-0.2, 0) is 10.0 Å².